The van der Waals surface area contributed by atoms with Gasteiger partial charge in [0.1, 0.15) is 5.69 Å². The molecule has 0 unspecified atom stereocenters. The van der Waals surface area contributed by atoms with Crippen molar-refractivity contribution in [1.29, 1.82) is 0 Å². The van der Waals surface area contributed by atoms with Gasteiger partial charge in [-0.1, -0.05) is 0 Å². The molecule has 0 radical (unpaired) electrons. The molecule has 1 heterocycles. The van der Waals surface area contributed by atoms with Crippen LogP contribution in [-0.2, 0) is 0 Å². The second-order valence-electron chi connectivity index (χ2n) is 2.53. The third kappa shape index (κ3) is 1.99. The molecule has 3 nitrogen and oxygen atoms in total. The van der Waals surface area contributed by atoms with Crippen LogP contribution in [0.1, 0.15) is 28.0 Å². The molecular formula is C8H7F2NO2. The molecule has 0 atom stereocenters. The van der Waals surface area contributed by atoms with E-state index >= 15 is 0 Å². The minimum atomic E-state index is -2.66. The summed E-state index contributed by atoms with van der Waals surface area (Å²) in [5.41, 5.74) is -0.262. The van der Waals surface area contributed by atoms with Crippen molar-refractivity contribution in [3.05, 3.63) is 29.1 Å². The van der Waals surface area contributed by atoms with Crippen molar-refractivity contribution in [3.8, 4) is 0 Å². The summed E-state index contributed by atoms with van der Waals surface area (Å²) in [5, 5.41) is 8.51. The van der Waals surface area contributed by atoms with Crippen LogP contribution in [0.2, 0.25) is 0 Å². The van der Waals surface area contributed by atoms with Crippen LogP contribution in [0, 0.1) is 6.92 Å². The highest BCUT2D eigenvalue weighted by Gasteiger charge is 2.14. The number of hydrogen-bond donors (Lipinski definition) is 1. The van der Waals surface area contributed by atoms with Gasteiger partial charge in [0, 0.05) is 6.20 Å². The summed E-state index contributed by atoms with van der Waals surface area (Å²) in [5.74, 6) is -1.17. The first-order valence-electron chi connectivity index (χ1n) is 3.50. The van der Waals surface area contributed by atoms with Crippen molar-refractivity contribution in [1.82, 2.24) is 4.98 Å². The summed E-state index contributed by atoms with van der Waals surface area (Å²) in [4.78, 5) is 13.8. The van der Waals surface area contributed by atoms with Crippen LogP contribution in [0.15, 0.2) is 12.3 Å². The zero-order valence-corrected chi connectivity index (χ0v) is 6.79. The molecule has 0 aliphatic carbocycles. The smallest absolute Gasteiger partial charge is 0.337 e. The number of carbonyl (C=O) groups is 1. The Kier molecular flexibility index (Phi) is 2.55. The topological polar surface area (TPSA) is 50.2 Å². The van der Waals surface area contributed by atoms with Gasteiger partial charge in [-0.3, -0.25) is 4.98 Å². The Balaban J connectivity index is 3.13. The van der Waals surface area contributed by atoms with Gasteiger partial charge < -0.3 is 5.11 Å². The van der Waals surface area contributed by atoms with Gasteiger partial charge in [0.05, 0.1) is 5.56 Å². The summed E-state index contributed by atoms with van der Waals surface area (Å²) >= 11 is 0. The number of nitrogens with zero attached hydrogens (tertiary/aromatic N) is 1. The Bertz CT molecular complexity index is 339. The Morgan fingerprint density at radius 3 is 2.62 bits per heavy atom. The van der Waals surface area contributed by atoms with E-state index in [4.69, 9.17) is 5.11 Å². The molecule has 0 amide bonds. The summed E-state index contributed by atoms with van der Waals surface area (Å²) in [6, 6.07) is 1.18. The average Bonchev–Trinajstić information content (AvgIpc) is 2.03. The number of carboxylic acid groups (broad SMARTS) is 1. The second kappa shape index (κ2) is 3.47. The van der Waals surface area contributed by atoms with Gasteiger partial charge in [-0.25, -0.2) is 13.6 Å². The Labute approximate surface area is 73.0 Å². The van der Waals surface area contributed by atoms with Gasteiger partial charge in [-0.2, -0.15) is 0 Å². The lowest BCUT2D eigenvalue weighted by atomic mass is 10.1. The molecule has 0 aliphatic heterocycles. The third-order valence-corrected chi connectivity index (χ3v) is 1.57. The zero-order chi connectivity index (χ0) is 10.0. The Morgan fingerprint density at radius 2 is 2.23 bits per heavy atom. The molecule has 13 heavy (non-hydrogen) atoms. The maximum atomic E-state index is 12.2. The minimum Gasteiger partial charge on any atom is -0.478 e. The van der Waals surface area contributed by atoms with E-state index in [2.05, 4.69) is 4.98 Å². The van der Waals surface area contributed by atoms with Crippen LogP contribution in [0.5, 0.6) is 0 Å². The van der Waals surface area contributed by atoms with Crippen LogP contribution >= 0.6 is 0 Å². The highest BCUT2D eigenvalue weighted by molar-refractivity contribution is 5.87. The molecule has 70 valence electrons. The molecule has 0 saturated heterocycles. The number of alkyl halides is 2. The molecule has 0 saturated carbocycles. The SMILES string of the molecule is Cc1cc(C(=O)O)cnc1C(F)F. The number of aromatic carboxylic acids is 1. The molecule has 1 N–H and O–H groups in total. The van der Waals surface area contributed by atoms with Crippen molar-refractivity contribution in [3.63, 3.8) is 0 Å². The fourth-order valence-electron chi connectivity index (χ4n) is 0.931. The van der Waals surface area contributed by atoms with E-state index in [0.717, 1.165) is 6.20 Å². The lowest BCUT2D eigenvalue weighted by Gasteiger charge is -2.03. The molecule has 0 fully saturated rings. The minimum absolute atomic E-state index is 0.0816. The number of aryl methyl sites for hydroxylation is 1. The van der Waals surface area contributed by atoms with Crippen molar-refractivity contribution in [2.75, 3.05) is 0 Å². The summed E-state index contributed by atoms with van der Waals surface area (Å²) < 4.78 is 24.3. The quantitative estimate of drug-likeness (QED) is 0.770. The van der Waals surface area contributed by atoms with Gasteiger partial charge in [0.2, 0.25) is 0 Å². The first kappa shape index (κ1) is 9.57. The fraction of sp³-hybridized carbons (Fsp3) is 0.250. The van der Waals surface area contributed by atoms with Gasteiger partial charge >= 0.3 is 5.97 Å². The number of carboxylic acids is 1. The predicted molar refractivity (Wildman–Crippen MR) is 40.9 cm³/mol. The number of rotatable bonds is 2. The summed E-state index contributed by atoms with van der Waals surface area (Å²) in [6.45, 7) is 1.40. The maximum absolute atomic E-state index is 12.2. The second-order valence-corrected chi connectivity index (χ2v) is 2.53. The largest absolute Gasteiger partial charge is 0.478 e. The van der Waals surface area contributed by atoms with E-state index < -0.39 is 12.4 Å². The van der Waals surface area contributed by atoms with Gasteiger partial charge in [0.15, 0.2) is 0 Å². The summed E-state index contributed by atoms with van der Waals surface area (Å²) in [6.07, 6.45) is -1.74. The van der Waals surface area contributed by atoms with E-state index in [1.54, 1.807) is 0 Å². The van der Waals surface area contributed by atoms with Crippen molar-refractivity contribution in [2.24, 2.45) is 0 Å². The van der Waals surface area contributed by atoms with E-state index in [-0.39, 0.29) is 16.8 Å². The molecule has 1 rings (SSSR count). The maximum Gasteiger partial charge on any atom is 0.337 e. The molecule has 0 aromatic carbocycles. The zero-order valence-electron chi connectivity index (χ0n) is 6.79. The molecule has 1 aromatic heterocycles. The number of halogens is 2. The molecule has 0 spiro atoms. The Morgan fingerprint density at radius 1 is 1.62 bits per heavy atom. The van der Waals surface area contributed by atoms with Gasteiger partial charge in [-0.05, 0) is 18.6 Å². The van der Waals surface area contributed by atoms with Crippen LogP contribution in [0.3, 0.4) is 0 Å². The molecule has 0 aliphatic rings. The molecule has 0 bridgehead atoms. The Hall–Kier alpha value is -1.52. The lowest BCUT2D eigenvalue weighted by Crippen LogP contribution is -2.01. The number of hydrogen-bond acceptors (Lipinski definition) is 2. The third-order valence-electron chi connectivity index (χ3n) is 1.57. The van der Waals surface area contributed by atoms with Gasteiger partial charge in [-0.15, -0.1) is 0 Å². The highest BCUT2D eigenvalue weighted by Crippen LogP contribution is 2.20. The van der Waals surface area contributed by atoms with E-state index in [1.165, 1.54) is 13.0 Å². The van der Waals surface area contributed by atoms with Crippen LogP contribution in [0.25, 0.3) is 0 Å². The lowest BCUT2D eigenvalue weighted by molar-refractivity contribution is 0.0695. The normalized spacial score (nSPS) is 10.5. The average molecular weight is 187 g/mol. The monoisotopic (exact) mass is 187 g/mol. The first-order chi connectivity index (χ1) is 6.02. The molecule has 5 heteroatoms. The van der Waals surface area contributed by atoms with Crippen LogP contribution < -0.4 is 0 Å². The van der Waals surface area contributed by atoms with Crippen molar-refractivity contribution >= 4 is 5.97 Å². The number of aromatic nitrogens is 1. The van der Waals surface area contributed by atoms with Crippen LogP contribution in [-0.4, -0.2) is 16.1 Å². The van der Waals surface area contributed by atoms with Crippen molar-refractivity contribution < 1.29 is 18.7 Å². The molecule has 1 aromatic rings. The highest BCUT2D eigenvalue weighted by atomic mass is 19.3. The summed E-state index contributed by atoms with van der Waals surface area (Å²) in [7, 11) is 0. The van der Waals surface area contributed by atoms with E-state index in [0.29, 0.717) is 0 Å². The predicted octanol–water partition coefficient (Wildman–Crippen LogP) is 2.03. The van der Waals surface area contributed by atoms with E-state index in [9.17, 15) is 13.6 Å². The number of pyridine rings is 1. The van der Waals surface area contributed by atoms with E-state index in [1.807, 2.05) is 0 Å². The van der Waals surface area contributed by atoms with Crippen molar-refractivity contribution in [2.45, 2.75) is 13.3 Å². The van der Waals surface area contributed by atoms with Gasteiger partial charge in [0.25, 0.3) is 6.43 Å². The standard InChI is InChI=1S/C8H7F2NO2/c1-4-2-5(8(12)13)3-11-6(4)7(9)10/h2-3,7H,1H3,(H,12,13). The first-order valence-corrected chi connectivity index (χ1v) is 3.50. The van der Waals surface area contributed by atoms with Crippen LogP contribution in [0.4, 0.5) is 8.78 Å². The molecular weight excluding hydrogens is 180 g/mol. The fourth-order valence-corrected chi connectivity index (χ4v) is 0.931.